The van der Waals surface area contributed by atoms with Gasteiger partial charge in [0.2, 0.25) is 5.91 Å². The van der Waals surface area contributed by atoms with Gasteiger partial charge in [0.05, 0.1) is 18.5 Å². The number of nitrogens with one attached hydrogen (secondary N) is 2. The lowest BCUT2D eigenvalue weighted by molar-refractivity contribution is -0.122. The number of hydrogen-bond acceptors (Lipinski definition) is 4. The van der Waals surface area contributed by atoms with Crippen molar-refractivity contribution in [3.8, 4) is 0 Å². The monoisotopic (exact) mass is 330 g/mol. The first-order valence-corrected chi connectivity index (χ1v) is 8.87. The highest BCUT2D eigenvalue weighted by molar-refractivity contribution is 5.88. The fourth-order valence-electron chi connectivity index (χ4n) is 2.87. The van der Waals surface area contributed by atoms with Gasteiger partial charge in [-0.2, -0.15) is 0 Å². The van der Waals surface area contributed by atoms with Crippen molar-refractivity contribution in [2.45, 2.75) is 45.6 Å². The second-order valence-electron chi connectivity index (χ2n) is 6.94. The van der Waals surface area contributed by atoms with E-state index in [0.29, 0.717) is 18.9 Å². The first kappa shape index (κ1) is 18.5. The molecule has 1 aliphatic heterocycles. The van der Waals surface area contributed by atoms with E-state index in [0.717, 1.165) is 30.9 Å². The zero-order chi connectivity index (χ0) is 17.5. The van der Waals surface area contributed by atoms with Crippen molar-refractivity contribution in [3.63, 3.8) is 0 Å². The number of amides is 1. The van der Waals surface area contributed by atoms with Crippen LogP contribution in [0.25, 0.3) is 0 Å². The summed E-state index contributed by atoms with van der Waals surface area (Å²) in [6, 6.07) is 8.24. The van der Waals surface area contributed by atoms with E-state index >= 15 is 0 Å². The zero-order valence-electron chi connectivity index (χ0n) is 15.0. The SMILES string of the molecule is CC(C)Cc1ccc(C(C)C(=O)NCCC(N)C2=NCCN2)cc1. The van der Waals surface area contributed by atoms with Gasteiger partial charge in [0.15, 0.2) is 0 Å². The summed E-state index contributed by atoms with van der Waals surface area (Å²) in [5, 5.41) is 6.15. The number of rotatable bonds is 8. The van der Waals surface area contributed by atoms with Gasteiger partial charge in [-0.1, -0.05) is 38.1 Å². The Morgan fingerprint density at radius 1 is 1.29 bits per heavy atom. The Labute approximate surface area is 145 Å². The molecule has 1 heterocycles. The third-order valence-corrected chi connectivity index (χ3v) is 4.32. The number of nitrogens with zero attached hydrogens (tertiary/aromatic N) is 1. The van der Waals surface area contributed by atoms with Crippen molar-refractivity contribution in [2.75, 3.05) is 19.6 Å². The van der Waals surface area contributed by atoms with Gasteiger partial charge in [-0.25, -0.2) is 0 Å². The number of carbonyl (C=O) groups excluding carboxylic acids is 1. The number of aliphatic imine (C=N–C) groups is 1. The van der Waals surface area contributed by atoms with Crippen molar-refractivity contribution in [2.24, 2.45) is 16.6 Å². The van der Waals surface area contributed by atoms with Crippen LogP contribution >= 0.6 is 0 Å². The Balaban J connectivity index is 1.78. The molecular formula is C19H30N4O. The molecule has 1 aliphatic rings. The van der Waals surface area contributed by atoms with E-state index in [1.807, 2.05) is 6.92 Å². The molecule has 0 radical (unpaired) electrons. The van der Waals surface area contributed by atoms with Gasteiger partial charge < -0.3 is 16.4 Å². The van der Waals surface area contributed by atoms with Crippen LogP contribution in [0, 0.1) is 5.92 Å². The van der Waals surface area contributed by atoms with Crippen LogP contribution in [-0.2, 0) is 11.2 Å². The maximum Gasteiger partial charge on any atom is 0.227 e. The normalized spacial score (nSPS) is 16.5. The molecule has 0 saturated heterocycles. The molecule has 0 bridgehead atoms. The fraction of sp³-hybridized carbons (Fsp3) is 0.579. The second kappa shape index (κ2) is 8.83. The predicted octanol–water partition coefficient (Wildman–Crippen LogP) is 1.82. The molecule has 2 atom stereocenters. The van der Waals surface area contributed by atoms with Crippen molar-refractivity contribution in [1.29, 1.82) is 0 Å². The molecule has 0 saturated carbocycles. The lowest BCUT2D eigenvalue weighted by Gasteiger charge is -2.16. The van der Waals surface area contributed by atoms with Crippen molar-refractivity contribution in [3.05, 3.63) is 35.4 Å². The highest BCUT2D eigenvalue weighted by Crippen LogP contribution is 2.17. The summed E-state index contributed by atoms with van der Waals surface area (Å²) in [4.78, 5) is 16.6. The smallest absolute Gasteiger partial charge is 0.227 e. The Bertz CT molecular complexity index is 565. The van der Waals surface area contributed by atoms with E-state index in [4.69, 9.17) is 5.73 Å². The highest BCUT2D eigenvalue weighted by atomic mass is 16.1. The largest absolute Gasteiger partial charge is 0.371 e. The Morgan fingerprint density at radius 3 is 2.58 bits per heavy atom. The van der Waals surface area contributed by atoms with Gasteiger partial charge in [0.25, 0.3) is 0 Å². The van der Waals surface area contributed by atoms with E-state index in [1.165, 1.54) is 5.56 Å². The van der Waals surface area contributed by atoms with E-state index in [1.54, 1.807) is 0 Å². The van der Waals surface area contributed by atoms with Crippen LogP contribution in [0.4, 0.5) is 0 Å². The first-order chi connectivity index (χ1) is 11.5. The van der Waals surface area contributed by atoms with Crippen molar-refractivity contribution in [1.82, 2.24) is 10.6 Å². The molecule has 5 nitrogen and oxygen atoms in total. The molecule has 0 aromatic heterocycles. The first-order valence-electron chi connectivity index (χ1n) is 8.87. The Kier molecular flexibility index (Phi) is 6.79. The minimum atomic E-state index is -0.156. The molecule has 0 aliphatic carbocycles. The Morgan fingerprint density at radius 2 is 2.00 bits per heavy atom. The van der Waals surface area contributed by atoms with Crippen LogP contribution in [-0.4, -0.2) is 37.4 Å². The van der Waals surface area contributed by atoms with E-state index < -0.39 is 0 Å². The van der Waals surface area contributed by atoms with Crippen LogP contribution in [0.5, 0.6) is 0 Å². The maximum atomic E-state index is 12.3. The molecule has 1 aromatic rings. The molecule has 24 heavy (non-hydrogen) atoms. The molecular weight excluding hydrogens is 300 g/mol. The van der Waals surface area contributed by atoms with Crippen LogP contribution in [0.15, 0.2) is 29.3 Å². The zero-order valence-corrected chi connectivity index (χ0v) is 15.0. The number of carbonyl (C=O) groups is 1. The predicted molar refractivity (Wildman–Crippen MR) is 99.3 cm³/mol. The van der Waals surface area contributed by atoms with Gasteiger partial charge in [-0.15, -0.1) is 0 Å². The fourth-order valence-corrected chi connectivity index (χ4v) is 2.87. The molecule has 1 amide bonds. The topological polar surface area (TPSA) is 79.5 Å². The molecule has 2 unspecified atom stereocenters. The quantitative estimate of drug-likeness (QED) is 0.680. The second-order valence-corrected chi connectivity index (χ2v) is 6.94. The number of amidine groups is 1. The third kappa shape index (κ3) is 5.34. The summed E-state index contributed by atoms with van der Waals surface area (Å²) in [7, 11) is 0. The van der Waals surface area contributed by atoms with Crippen LogP contribution in [0.2, 0.25) is 0 Å². The summed E-state index contributed by atoms with van der Waals surface area (Å²) in [5.74, 6) is 1.38. The van der Waals surface area contributed by atoms with Gasteiger partial charge in [-0.3, -0.25) is 9.79 Å². The average Bonchev–Trinajstić information content (AvgIpc) is 3.08. The van der Waals surface area contributed by atoms with Crippen LogP contribution in [0.3, 0.4) is 0 Å². The van der Waals surface area contributed by atoms with Crippen molar-refractivity contribution >= 4 is 11.7 Å². The van der Waals surface area contributed by atoms with E-state index in [-0.39, 0.29) is 17.9 Å². The number of nitrogens with two attached hydrogens (primary N) is 1. The number of hydrogen-bond donors (Lipinski definition) is 3. The molecule has 132 valence electrons. The van der Waals surface area contributed by atoms with Gasteiger partial charge in [0, 0.05) is 13.1 Å². The lowest BCUT2D eigenvalue weighted by atomic mass is 9.96. The minimum Gasteiger partial charge on any atom is -0.371 e. The molecule has 2 rings (SSSR count). The average molecular weight is 330 g/mol. The minimum absolute atomic E-state index is 0.0418. The summed E-state index contributed by atoms with van der Waals surface area (Å²) >= 11 is 0. The van der Waals surface area contributed by atoms with Crippen LogP contribution in [0.1, 0.15) is 44.2 Å². The van der Waals surface area contributed by atoms with Crippen LogP contribution < -0.4 is 16.4 Å². The molecule has 5 heteroatoms. The molecule has 1 aromatic carbocycles. The van der Waals surface area contributed by atoms with Gasteiger partial charge >= 0.3 is 0 Å². The summed E-state index contributed by atoms with van der Waals surface area (Å²) < 4.78 is 0. The number of benzene rings is 1. The standard InChI is InChI=1S/C19H30N4O/c1-13(2)12-15-4-6-16(7-5-15)14(3)19(24)23-9-8-17(20)18-21-10-11-22-18/h4-7,13-14,17H,8-12,20H2,1-3H3,(H,21,22)(H,23,24). The van der Waals surface area contributed by atoms with E-state index in [9.17, 15) is 4.79 Å². The van der Waals surface area contributed by atoms with Gasteiger partial charge in [-0.05, 0) is 36.8 Å². The molecule has 0 spiro atoms. The summed E-state index contributed by atoms with van der Waals surface area (Å²) in [6.07, 6.45) is 1.76. The van der Waals surface area contributed by atoms with Gasteiger partial charge in [0.1, 0.15) is 5.84 Å². The molecule has 4 N–H and O–H groups in total. The maximum absolute atomic E-state index is 12.3. The Hall–Kier alpha value is -1.88. The van der Waals surface area contributed by atoms with Crippen molar-refractivity contribution < 1.29 is 4.79 Å². The summed E-state index contributed by atoms with van der Waals surface area (Å²) in [5.41, 5.74) is 8.43. The lowest BCUT2D eigenvalue weighted by Crippen LogP contribution is -2.41. The third-order valence-electron chi connectivity index (χ3n) is 4.32. The van der Waals surface area contributed by atoms with E-state index in [2.05, 4.69) is 53.7 Å². The summed E-state index contributed by atoms with van der Waals surface area (Å²) in [6.45, 7) is 8.58. The highest BCUT2D eigenvalue weighted by Gasteiger charge is 2.17. The molecule has 0 fully saturated rings.